The molecular formula is C62H110NO8+. The normalized spacial score (nSPS) is 13.3. The highest BCUT2D eigenvalue weighted by Crippen LogP contribution is 2.16. The minimum absolute atomic E-state index is 0.178. The minimum Gasteiger partial charge on any atom is -0.477 e. The quantitative estimate of drug-likeness (QED) is 0.0211. The van der Waals surface area contributed by atoms with Gasteiger partial charge < -0.3 is 28.5 Å². The van der Waals surface area contributed by atoms with E-state index < -0.39 is 24.3 Å². The first kappa shape index (κ1) is 67.7. The van der Waals surface area contributed by atoms with E-state index in [4.69, 9.17) is 18.9 Å². The Morgan fingerprint density at radius 3 is 1.23 bits per heavy atom. The lowest BCUT2D eigenvalue weighted by molar-refractivity contribution is -0.870. The van der Waals surface area contributed by atoms with Crippen LogP contribution in [0.3, 0.4) is 0 Å². The van der Waals surface area contributed by atoms with E-state index >= 15 is 0 Å². The number of esters is 2. The molecular weight excluding hydrogens is 887 g/mol. The molecule has 0 aromatic heterocycles. The fourth-order valence-electron chi connectivity index (χ4n) is 7.98. The molecule has 0 saturated heterocycles. The molecule has 0 spiro atoms. The third kappa shape index (κ3) is 54.3. The average Bonchev–Trinajstić information content (AvgIpc) is 3.34. The highest BCUT2D eigenvalue weighted by molar-refractivity contribution is 5.71. The fraction of sp³-hybridized carbons (Fsp3) is 0.758. The van der Waals surface area contributed by atoms with E-state index in [0.717, 1.165) is 64.2 Å². The summed E-state index contributed by atoms with van der Waals surface area (Å²) in [5.41, 5.74) is 0. The van der Waals surface area contributed by atoms with Crippen LogP contribution in [0.1, 0.15) is 245 Å². The summed E-state index contributed by atoms with van der Waals surface area (Å²) >= 11 is 0. The van der Waals surface area contributed by atoms with Crippen molar-refractivity contribution in [3.8, 4) is 0 Å². The molecule has 0 fully saturated rings. The van der Waals surface area contributed by atoms with Crippen molar-refractivity contribution in [2.75, 3.05) is 47.5 Å². The van der Waals surface area contributed by atoms with Crippen molar-refractivity contribution < 1.29 is 42.9 Å². The molecule has 0 aliphatic heterocycles. The first-order valence-corrected chi connectivity index (χ1v) is 29.1. The zero-order chi connectivity index (χ0) is 52.0. The molecule has 0 heterocycles. The van der Waals surface area contributed by atoms with Gasteiger partial charge in [0.1, 0.15) is 13.2 Å². The second-order valence-corrected chi connectivity index (χ2v) is 20.6. The number of carbonyl (C=O) groups excluding carboxylic acids is 2. The summed E-state index contributed by atoms with van der Waals surface area (Å²) < 4.78 is 22.8. The molecule has 2 atom stereocenters. The number of unbranched alkanes of at least 4 members (excludes halogenated alkanes) is 26. The molecule has 0 aliphatic carbocycles. The van der Waals surface area contributed by atoms with E-state index in [-0.39, 0.29) is 32.2 Å². The smallest absolute Gasteiger partial charge is 0.361 e. The van der Waals surface area contributed by atoms with Crippen molar-refractivity contribution in [2.24, 2.45) is 0 Å². The van der Waals surface area contributed by atoms with Gasteiger partial charge in [-0.1, -0.05) is 222 Å². The van der Waals surface area contributed by atoms with E-state index in [0.29, 0.717) is 23.9 Å². The fourth-order valence-corrected chi connectivity index (χ4v) is 7.98. The van der Waals surface area contributed by atoms with Gasteiger partial charge in [0.2, 0.25) is 0 Å². The Balaban J connectivity index is 4.13. The number of carbonyl (C=O) groups is 3. The van der Waals surface area contributed by atoms with Crippen LogP contribution in [0.25, 0.3) is 0 Å². The molecule has 0 radical (unpaired) electrons. The van der Waals surface area contributed by atoms with E-state index in [1.165, 1.54) is 148 Å². The number of quaternary nitrogens is 1. The molecule has 0 aromatic carbocycles. The number of hydrogen-bond donors (Lipinski definition) is 1. The monoisotopic (exact) mass is 997 g/mol. The lowest BCUT2D eigenvalue weighted by atomic mass is 10.0. The van der Waals surface area contributed by atoms with Crippen LogP contribution >= 0.6 is 0 Å². The number of allylic oxidation sites excluding steroid dienone is 12. The lowest BCUT2D eigenvalue weighted by Crippen LogP contribution is -2.40. The van der Waals surface area contributed by atoms with Gasteiger partial charge in [0.15, 0.2) is 6.10 Å². The van der Waals surface area contributed by atoms with E-state index in [2.05, 4.69) is 86.8 Å². The summed E-state index contributed by atoms with van der Waals surface area (Å²) in [5, 5.41) is 9.68. The van der Waals surface area contributed by atoms with Gasteiger partial charge in [0.05, 0.1) is 34.4 Å². The first-order chi connectivity index (χ1) is 34.6. The van der Waals surface area contributed by atoms with E-state index in [1.807, 2.05) is 21.1 Å². The minimum atomic E-state index is -1.52. The summed E-state index contributed by atoms with van der Waals surface area (Å²) in [6.07, 6.45) is 65.8. The van der Waals surface area contributed by atoms with Crippen molar-refractivity contribution in [3.63, 3.8) is 0 Å². The molecule has 1 N–H and O–H groups in total. The summed E-state index contributed by atoms with van der Waals surface area (Å²) in [5.74, 6) is -2.06. The van der Waals surface area contributed by atoms with Crippen LogP contribution in [0, 0.1) is 0 Å². The molecule has 9 nitrogen and oxygen atoms in total. The van der Waals surface area contributed by atoms with Crippen LogP contribution in [0.4, 0.5) is 0 Å². The third-order valence-electron chi connectivity index (χ3n) is 12.4. The number of ether oxygens (including phenoxy) is 4. The first-order valence-electron chi connectivity index (χ1n) is 29.1. The Hall–Kier alpha value is -3.27. The molecule has 9 heteroatoms. The van der Waals surface area contributed by atoms with Crippen LogP contribution in [0.5, 0.6) is 0 Å². The van der Waals surface area contributed by atoms with Gasteiger partial charge in [-0.05, 0) is 83.5 Å². The highest BCUT2D eigenvalue weighted by atomic mass is 16.7. The summed E-state index contributed by atoms with van der Waals surface area (Å²) in [4.78, 5) is 37.3. The Bertz CT molecular complexity index is 1390. The molecule has 0 aliphatic rings. The Labute approximate surface area is 437 Å². The number of nitrogens with zero attached hydrogens (tertiary/aromatic N) is 1. The topological polar surface area (TPSA) is 108 Å². The Kier molecular flexibility index (Phi) is 50.6. The second-order valence-electron chi connectivity index (χ2n) is 20.6. The van der Waals surface area contributed by atoms with E-state index in [1.54, 1.807) is 0 Å². The molecule has 71 heavy (non-hydrogen) atoms. The maximum Gasteiger partial charge on any atom is 0.361 e. The van der Waals surface area contributed by atoms with Crippen molar-refractivity contribution >= 4 is 17.9 Å². The van der Waals surface area contributed by atoms with Crippen molar-refractivity contribution in [1.82, 2.24) is 0 Å². The van der Waals surface area contributed by atoms with Gasteiger partial charge in [-0.15, -0.1) is 0 Å². The summed E-state index contributed by atoms with van der Waals surface area (Å²) in [6.45, 7) is 4.71. The van der Waals surface area contributed by atoms with Gasteiger partial charge in [0, 0.05) is 12.8 Å². The van der Waals surface area contributed by atoms with Crippen LogP contribution < -0.4 is 0 Å². The van der Waals surface area contributed by atoms with Gasteiger partial charge >= 0.3 is 17.9 Å². The van der Waals surface area contributed by atoms with Gasteiger partial charge in [-0.3, -0.25) is 9.59 Å². The number of carboxylic acids is 1. The number of rotatable bonds is 53. The molecule has 0 aromatic rings. The van der Waals surface area contributed by atoms with Crippen LogP contribution in [0.15, 0.2) is 72.9 Å². The van der Waals surface area contributed by atoms with Crippen molar-refractivity contribution in [2.45, 2.75) is 257 Å². The predicted molar refractivity (Wildman–Crippen MR) is 299 cm³/mol. The maximum atomic E-state index is 12.8. The van der Waals surface area contributed by atoms with Gasteiger partial charge in [-0.25, -0.2) is 4.79 Å². The average molecular weight is 998 g/mol. The molecule has 0 saturated carbocycles. The Morgan fingerprint density at radius 1 is 0.437 bits per heavy atom. The third-order valence-corrected chi connectivity index (χ3v) is 12.4. The zero-order valence-electron chi connectivity index (χ0n) is 46.6. The number of likely N-dealkylation sites (N-methyl/N-ethyl adjacent to an activating group) is 1. The van der Waals surface area contributed by atoms with Gasteiger partial charge in [0.25, 0.3) is 6.29 Å². The largest absolute Gasteiger partial charge is 0.477 e. The molecule has 0 rings (SSSR count). The maximum absolute atomic E-state index is 12.8. The summed E-state index contributed by atoms with van der Waals surface area (Å²) in [7, 11) is 5.95. The van der Waals surface area contributed by atoms with E-state index in [9.17, 15) is 19.5 Å². The van der Waals surface area contributed by atoms with Crippen LogP contribution in [-0.4, -0.2) is 87.4 Å². The number of hydrogen-bond acceptors (Lipinski definition) is 7. The molecule has 0 bridgehead atoms. The molecule has 410 valence electrons. The van der Waals surface area contributed by atoms with Crippen LogP contribution in [0.2, 0.25) is 0 Å². The van der Waals surface area contributed by atoms with Gasteiger partial charge in [-0.2, -0.15) is 0 Å². The number of aliphatic carboxylic acids is 1. The number of carboxylic acid groups (broad SMARTS) is 1. The van der Waals surface area contributed by atoms with Crippen molar-refractivity contribution in [3.05, 3.63) is 72.9 Å². The standard InChI is InChI=1S/C62H109NO8/c1-6-8-10-12-14-16-18-20-22-23-24-25-26-27-28-29-30-31-32-33-34-35-36-37-39-40-42-44-46-48-50-52-59(64)69-56-58(57-70-62(61(66)67)68-55-54-63(3,4)5)71-60(65)53-51-49-47-45-43-41-38-21-19-17-15-13-11-9-7-2/h9,11,15,17-18,20-21,23-24,38,43,45,58,62H,6-8,10,12-14,16,19,22,25-37,39-42,44,46-57H2,1-5H3/p+1/b11-9-,17-15-,20-18-,24-23-,38-21-,45-43-. The summed E-state index contributed by atoms with van der Waals surface area (Å²) in [6, 6.07) is 0. The second kappa shape index (κ2) is 53.0. The predicted octanol–water partition coefficient (Wildman–Crippen LogP) is 17.0. The van der Waals surface area contributed by atoms with Crippen molar-refractivity contribution in [1.29, 1.82) is 0 Å². The lowest BCUT2D eigenvalue weighted by Gasteiger charge is -2.25. The highest BCUT2D eigenvalue weighted by Gasteiger charge is 2.25. The SMILES string of the molecule is CC/C=C\C/C=C\C/C=C\C/C=C\CCCCC(=O)OC(COC(=O)CCCCCCCCCCCCCCCCCCCCC/C=C\C/C=C\CCCCCCC)COC(OCC[N+](C)(C)C)C(=O)O. The zero-order valence-corrected chi connectivity index (χ0v) is 46.6. The molecule has 2 unspecified atom stereocenters. The Morgan fingerprint density at radius 2 is 0.803 bits per heavy atom. The molecule has 0 amide bonds. The van der Waals surface area contributed by atoms with Crippen LogP contribution in [-0.2, 0) is 33.3 Å².